The molecule has 2 rings (SSSR count). The van der Waals surface area contributed by atoms with Gasteiger partial charge in [-0.2, -0.15) is 0 Å². The SMILES string of the molecule is CN1CCC(CN(C)c2cc(NN)ncn2)C1. The second kappa shape index (κ2) is 5.29. The first-order valence-electron chi connectivity index (χ1n) is 5.87. The molecule has 1 aromatic heterocycles. The van der Waals surface area contributed by atoms with Crippen LogP contribution in [-0.4, -0.2) is 48.6 Å². The molecule has 3 N–H and O–H groups in total. The number of hydrogen-bond donors (Lipinski definition) is 2. The maximum absolute atomic E-state index is 5.34. The lowest BCUT2D eigenvalue weighted by molar-refractivity contribution is 0.395. The van der Waals surface area contributed by atoms with Crippen molar-refractivity contribution in [3.63, 3.8) is 0 Å². The quantitative estimate of drug-likeness (QED) is 0.573. The predicted molar refractivity (Wildman–Crippen MR) is 68.7 cm³/mol. The van der Waals surface area contributed by atoms with Crippen LogP contribution in [0.4, 0.5) is 11.6 Å². The van der Waals surface area contributed by atoms with Crippen LogP contribution in [0.15, 0.2) is 12.4 Å². The first kappa shape index (κ1) is 12.1. The maximum Gasteiger partial charge on any atom is 0.145 e. The van der Waals surface area contributed by atoms with Gasteiger partial charge in [-0.1, -0.05) is 0 Å². The molecule has 0 saturated carbocycles. The Morgan fingerprint density at radius 3 is 3.06 bits per heavy atom. The summed E-state index contributed by atoms with van der Waals surface area (Å²) in [6.45, 7) is 3.38. The highest BCUT2D eigenvalue weighted by atomic mass is 15.3. The molecule has 0 amide bonds. The van der Waals surface area contributed by atoms with Crippen LogP contribution < -0.4 is 16.2 Å². The average molecular weight is 236 g/mol. The first-order chi connectivity index (χ1) is 8.19. The van der Waals surface area contributed by atoms with E-state index < -0.39 is 0 Å². The van der Waals surface area contributed by atoms with Crippen molar-refractivity contribution in [2.45, 2.75) is 6.42 Å². The fourth-order valence-corrected chi connectivity index (χ4v) is 2.29. The van der Waals surface area contributed by atoms with Gasteiger partial charge < -0.3 is 15.2 Å². The molecule has 94 valence electrons. The topological polar surface area (TPSA) is 70.3 Å². The normalized spacial score (nSPS) is 20.5. The Kier molecular flexibility index (Phi) is 3.75. The molecule has 1 saturated heterocycles. The largest absolute Gasteiger partial charge is 0.359 e. The molecule has 2 heterocycles. The molecule has 1 aliphatic heterocycles. The molecule has 1 unspecified atom stereocenters. The van der Waals surface area contributed by atoms with E-state index in [1.165, 1.54) is 19.3 Å². The Hall–Kier alpha value is -1.40. The highest BCUT2D eigenvalue weighted by Gasteiger charge is 2.21. The highest BCUT2D eigenvalue weighted by Crippen LogP contribution is 2.18. The lowest BCUT2D eigenvalue weighted by Gasteiger charge is -2.22. The summed E-state index contributed by atoms with van der Waals surface area (Å²) in [7, 11) is 4.22. The van der Waals surface area contributed by atoms with Gasteiger partial charge >= 0.3 is 0 Å². The highest BCUT2D eigenvalue weighted by molar-refractivity contribution is 5.47. The van der Waals surface area contributed by atoms with Gasteiger partial charge in [0.25, 0.3) is 0 Å². The van der Waals surface area contributed by atoms with E-state index in [4.69, 9.17) is 5.84 Å². The fourth-order valence-electron chi connectivity index (χ4n) is 2.29. The monoisotopic (exact) mass is 236 g/mol. The van der Waals surface area contributed by atoms with Gasteiger partial charge in [-0.3, -0.25) is 0 Å². The molecule has 1 fully saturated rings. The van der Waals surface area contributed by atoms with Crippen molar-refractivity contribution < 1.29 is 0 Å². The molecular weight excluding hydrogens is 216 g/mol. The Balaban J connectivity index is 1.96. The zero-order chi connectivity index (χ0) is 12.3. The number of anilines is 2. The van der Waals surface area contributed by atoms with Crippen molar-refractivity contribution in [1.82, 2.24) is 14.9 Å². The molecule has 1 aliphatic rings. The molecule has 6 heteroatoms. The average Bonchev–Trinajstić information content (AvgIpc) is 2.75. The van der Waals surface area contributed by atoms with Crippen LogP contribution >= 0.6 is 0 Å². The van der Waals surface area contributed by atoms with Gasteiger partial charge in [0.2, 0.25) is 0 Å². The summed E-state index contributed by atoms with van der Waals surface area (Å²) in [5.74, 6) is 7.60. The van der Waals surface area contributed by atoms with Gasteiger partial charge in [0.05, 0.1) is 0 Å². The third kappa shape index (κ3) is 3.04. The van der Waals surface area contributed by atoms with Crippen LogP contribution in [0, 0.1) is 5.92 Å². The van der Waals surface area contributed by atoms with Gasteiger partial charge in [-0.25, -0.2) is 15.8 Å². The van der Waals surface area contributed by atoms with Crippen molar-refractivity contribution in [2.75, 3.05) is 44.1 Å². The summed E-state index contributed by atoms with van der Waals surface area (Å²) in [4.78, 5) is 12.8. The number of nitrogens with one attached hydrogen (secondary N) is 1. The van der Waals surface area contributed by atoms with Crippen LogP contribution in [0.2, 0.25) is 0 Å². The number of nitrogen functional groups attached to an aromatic ring is 1. The number of hydrogen-bond acceptors (Lipinski definition) is 6. The fraction of sp³-hybridized carbons (Fsp3) is 0.636. The van der Waals surface area contributed by atoms with Crippen molar-refractivity contribution in [1.29, 1.82) is 0 Å². The minimum Gasteiger partial charge on any atom is -0.359 e. The molecule has 1 aromatic rings. The van der Waals surface area contributed by atoms with Gasteiger partial charge in [-0.05, 0) is 25.9 Å². The Morgan fingerprint density at radius 2 is 2.41 bits per heavy atom. The van der Waals surface area contributed by atoms with Crippen molar-refractivity contribution in [3.05, 3.63) is 12.4 Å². The molecule has 0 radical (unpaired) electrons. The van der Waals surface area contributed by atoms with E-state index in [2.05, 4.69) is 39.3 Å². The summed E-state index contributed by atoms with van der Waals surface area (Å²) < 4.78 is 0. The molecule has 0 bridgehead atoms. The molecule has 0 aromatic carbocycles. The number of aromatic nitrogens is 2. The van der Waals surface area contributed by atoms with Crippen LogP contribution in [0.3, 0.4) is 0 Å². The lowest BCUT2D eigenvalue weighted by atomic mass is 10.1. The first-order valence-corrected chi connectivity index (χ1v) is 5.87. The lowest BCUT2D eigenvalue weighted by Crippen LogP contribution is -2.28. The predicted octanol–water partition coefficient (Wildman–Crippen LogP) is 0.150. The molecule has 17 heavy (non-hydrogen) atoms. The van der Waals surface area contributed by atoms with E-state index in [9.17, 15) is 0 Å². The van der Waals surface area contributed by atoms with Crippen molar-refractivity contribution in [3.8, 4) is 0 Å². The van der Waals surface area contributed by atoms with E-state index in [0.29, 0.717) is 11.7 Å². The van der Waals surface area contributed by atoms with E-state index >= 15 is 0 Å². The number of nitrogens with two attached hydrogens (primary N) is 1. The van der Waals surface area contributed by atoms with Gasteiger partial charge in [0.1, 0.15) is 18.0 Å². The van der Waals surface area contributed by atoms with Crippen LogP contribution in [0.1, 0.15) is 6.42 Å². The number of nitrogens with zero attached hydrogens (tertiary/aromatic N) is 4. The Bertz CT molecular complexity index is 369. The number of likely N-dealkylation sites (tertiary alicyclic amines) is 1. The molecule has 0 spiro atoms. The maximum atomic E-state index is 5.34. The minimum atomic E-state index is 0.644. The standard InChI is InChI=1S/C11H20N6/c1-16-4-3-9(6-16)7-17(2)11-5-10(15-12)13-8-14-11/h5,8-9H,3-4,6-7,12H2,1-2H3,(H,13,14,15). The van der Waals surface area contributed by atoms with Gasteiger partial charge in [-0.15, -0.1) is 0 Å². The number of hydrazine groups is 1. The van der Waals surface area contributed by atoms with Crippen molar-refractivity contribution >= 4 is 11.6 Å². The zero-order valence-corrected chi connectivity index (χ0v) is 10.4. The molecule has 6 nitrogen and oxygen atoms in total. The van der Waals surface area contributed by atoms with E-state index in [1.807, 2.05) is 6.07 Å². The minimum absolute atomic E-state index is 0.644. The van der Waals surface area contributed by atoms with Gasteiger partial charge in [0.15, 0.2) is 0 Å². The van der Waals surface area contributed by atoms with E-state index in [1.54, 1.807) is 0 Å². The third-order valence-electron chi connectivity index (χ3n) is 3.21. The summed E-state index contributed by atoms with van der Waals surface area (Å²) in [6.07, 6.45) is 2.79. The van der Waals surface area contributed by atoms with Crippen LogP contribution in [0.5, 0.6) is 0 Å². The molecular formula is C11H20N6. The Labute approximate surface area is 102 Å². The second-order valence-corrected chi connectivity index (χ2v) is 4.70. The summed E-state index contributed by atoms with van der Waals surface area (Å²) in [6, 6.07) is 1.86. The van der Waals surface area contributed by atoms with Gasteiger partial charge in [0, 0.05) is 26.2 Å². The van der Waals surface area contributed by atoms with Crippen LogP contribution in [0.25, 0.3) is 0 Å². The number of rotatable bonds is 4. The summed E-state index contributed by atoms with van der Waals surface area (Å²) in [5, 5.41) is 0. The Morgan fingerprint density at radius 1 is 1.59 bits per heavy atom. The smallest absolute Gasteiger partial charge is 0.145 e. The summed E-state index contributed by atoms with van der Waals surface area (Å²) >= 11 is 0. The molecule has 0 aliphatic carbocycles. The summed E-state index contributed by atoms with van der Waals surface area (Å²) in [5.41, 5.74) is 2.54. The van der Waals surface area contributed by atoms with E-state index in [0.717, 1.165) is 18.9 Å². The second-order valence-electron chi connectivity index (χ2n) is 4.70. The van der Waals surface area contributed by atoms with E-state index in [-0.39, 0.29) is 0 Å². The zero-order valence-electron chi connectivity index (χ0n) is 10.4. The third-order valence-corrected chi connectivity index (χ3v) is 3.21. The van der Waals surface area contributed by atoms with Crippen LogP contribution in [-0.2, 0) is 0 Å². The molecule has 1 atom stereocenters. The van der Waals surface area contributed by atoms with Crippen molar-refractivity contribution in [2.24, 2.45) is 11.8 Å².